The molecule has 2 atom stereocenters. The number of rotatable bonds is 4. The standard InChI is InChI=1S/C17H27FN2/c1-13(2)20-10-5-8-17(9-11-20)19-14(3)15-6-4-7-16(18)12-15/h4,6-7,12-14,17,19H,5,8-11H2,1-3H3. The predicted molar refractivity (Wildman–Crippen MR) is 82.3 cm³/mol. The van der Waals surface area contributed by atoms with Gasteiger partial charge in [-0.25, -0.2) is 4.39 Å². The molecule has 1 aliphatic rings. The summed E-state index contributed by atoms with van der Waals surface area (Å²) in [7, 11) is 0. The van der Waals surface area contributed by atoms with Crippen molar-refractivity contribution in [2.24, 2.45) is 0 Å². The van der Waals surface area contributed by atoms with Crippen molar-refractivity contribution >= 4 is 0 Å². The SMILES string of the molecule is CC(NC1CCCN(C(C)C)CC1)c1cccc(F)c1. The summed E-state index contributed by atoms with van der Waals surface area (Å²) in [5.74, 6) is -0.150. The van der Waals surface area contributed by atoms with Gasteiger partial charge in [-0.1, -0.05) is 12.1 Å². The second kappa shape index (κ2) is 7.19. The average Bonchev–Trinajstić information content (AvgIpc) is 2.64. The van der Waals surface area contributed by atoms with E-state index in [9.17, 15) is 4.39 Å². The number of halogens is 1. The largest absolute Gasteiger partial charge is 0.307 e. The molecule has 2 nitrogen and oxygen atoms in total. The van der Waals surface area contributed by atoms with Gasteiger partial charge in [0.1, 0.15) is 5.82 Å². The van der Waals surface area contributed by atoms with Gasteiger partial charge in [0.05, 0.1) is 0 Å². The normalized spacial score (nSPS) is 22.8. The second-order valence-corrected chi connectivity index (χ2v) is 6.20. The van der Waals surface area contributed by atoms with Crippen LogP contribution in [0.1, 0.15) is 51.6 Å². The number of benzene rings is 1. The minimum atomic E-state index is -0.150. The fourth-order valence-electron chi connectivity index (χ4n) is 3.03. The molecule has 112 valence electrons. The van der Waals surface area contributed by atoms with E-state index in [0.29, 0.717) is 12.1 Å². The van der Waals surface area contributed by atoms with E-state index >= 15 is 0 Å². The van der Waals surface area contributed by atoms with Crippen molar-refractivity contribution in [3.05, 3.63) is 35.6 Å². The van der Waals surface area contributed by atoms with Crippen LogP contribution in [0.2, 0.25) is 0 Å². The molecule has 1 aromatic rings. The molecule has 1 aliphatic heterocycles. The monoisotopic (exact) mass is 278 g/mol. The number of nitrogens with zero attached hydrogens (tertiary/aromatic N) is 1. The van der Waals surface area contributed by atoms with Gasteiger partial charge in [-0.2, -0.15) is 0 Å². The van der Waals surface area contributed by atoms with E-state index < -0.39 is 0 Å². The van der Waals surface area contributed by atoms with Gasteiger partial charge in [-0.05, 0) is 70.8 Å². The zero-order chi connectivity index (χ0) is 14.5. The summed E-state index contributed by atoms with van der Waals surface area (Å²) in [5, 5.41) is 3.67. The first-order valence-electron chi connectivity index (χ1n) is 7.82. The van der Waals surface area contributed by atoms with Gasteiger partial charge >= 0.3 is 0 Å². The third-order valence-corrected chi connectivity index (χ3v) is 4.33. The average molecular weight is 278 g/mol. The molecule has 20 heavy (non-hydrogen) atoms. The molecular weight excluding hydrogens is 251 g/mol. The lowest BCUT2D eigenvalue weighted by molar-refractivity contribution is 0.228. The third-order valence-electron chi connectivity index (χ3n) is 4.33. The maximum absolute atomic E-state index is 13.3. The van der Waals surface area contributed by atoms with Crippen LogP contribution in [0.4, 0.5) is 4.39 Å². The fourth-order valence-corrected chi connectivity index (χ4v) is 3.03. The number of nitrogens with one attached hydrogen (secondary N) is 1. The zero-order valence-electron chi connectivity index (χ0n) is 12.9. The molecule has 0 amide bonds. The van der Waals surface area contributed by atoms with Crippen molar-refractivity contribution in [2.45, 2.75) is 58.2 Å². The molecule has 1 fully saturated rings. The first-order valence-corrected chi connectivity index (χ1v) is 7.82. The van der Waals surface area contributed by atoms with Crippen LogP contribution < -0.4 is 5.32 Å². The molecule has 0 saturated carbocycles. The summed E-state index contributed by atoms with van der Waals surface area (Å²) in [6.45, 7) is 9.02. The highest BCUT2D eigenvalue weighted by Gasteiger charge is 2.20. The first kappa shape index (κ1) is 15.5. The van der Waals surface area contributed by atoms with E-state index in [2.05, 4.69) is 31.0 Å². The molecule has 2 rings (SSSR count). The van der Waals surface area contributed by atoms with Gasteiger partial charge < -0.3 is 10.2 Å². The Balaban J connectivity index is 1.90. The van der Waals surface area contributed by atoms with E-state index in [0.717, 1.165) is 12.1 Å². The maximum atomic E-state index is 13.3. The Morgan fingerprint density at radius 1 is 1.20 bits per heavy atom. The van der Waals surface area contributed by atoms with E-state index in [4.69, 9.17) is 0 Å². The van der Waals surface area contributed by atoms with Crippen molar-refractivity contribution in [2.75, 3.05) is 13.1 Å². The Morgan fingerprint density at radius 2 is 2.00 bits per heavy atom. The van der Waals surface area contributed by atoms with Crippen molar-refractivity contribution in [1.82, 2.24) is 10.2 Å². The quantitative estimate of drug-likeness (QED) is 0.902. The molecule has 1 aromatic carbocycles. The molecule has 0 radical (unpaired) electrons. The van der Waals surface area contributed by atoms with E-state index in [1.807, 2.05) is 6.07 Å². The second-order valence-electron chi connectivity index (χ2n) is 6.20. The van der Waals surface area contributed by atoms with Gasteiger partial charge in [0.25, 0.3) is 0 Å². The van der Waals surface area contributed by atoms with Crippen molar-refractivity contribution < 1.29 is 4.39 Å². The van der Waals surface area contributed by atoms with Gasteiger partial charge in [-0.15, -0.1) is 0 Å². The van der Waals surface area contributed by atoms with Crippen LogP contribution in [0.3, 0.4) is 0 Å². The maximum Gasteiger partial charge on any atom is 0.123 e. The summed E-state index contributed by atoms with van der Waals surface area (Å²) in [6, 6.07) is 8.30. The molecule has 0 bridgehead atoms. The topological polar surface area (TPSA) is 15.3 Å². The highest BCUT2D eigenvalue weighted by Crippen LogP contribution is 2.19. The molecular formula is C17H27FN2. The Bertz CT molecular complexity index is 419. The third kappa shape index (κ3) is 4.29. The van der Waals surface area contributed by atoms with E-state index in [1.54, 1.807) is 12.1 Å². The lowest BCUT2D eigenvalue weighted by atomic mass is 10.0. The fraction of sp³-hybridized carbons (Fsp3) is 0.647. The van der Waals surface area contributed by atoms with Crippen molar-refractivity contribution in [3.63, 3.8) is 0 Å². The van der Waals surface area contributed by atoms with Crippen LogP contribution in [0, 0.1) is 5.82 Å². The molecule has 0 aliphatic carbocycles. The molecule has 0 aromatic heterocycles. The van der Waals surface area contributed by atoms with Gasteiger partial charge in [0.2, 0.25) is 0 Å². The van der Waals surface area contributed by atoms with Gasteiger partial charge in [0.15, 0.2) is 0 Å². The highest BCUT2D eigenvalue weighted by atomic mass is 19.1. The van der Waals surface area contributed by atoms with Gasteiger partial charge in [-0.3, -0.25) is 0 Å². The minimum absolute atomic E-state index is 0.150. The highest BCUT2D eigenvalue weighted by molar-refractivity contribution is 5.19. The minimum Gasteiger partial charge on any atom is -0.307 e. The van der Waals surface area contributed by atoms with Crippen molar-refractivity contribution in [1.29, 1.82) is 0 Å². The summed E-state index contributed by atoms with van der Waals surface area (Å²) in [6.07, 6.45) is 3.63. The predicted octanol–water partition coefficient (Wildman–Crippen LogP) is 3.74. The number of likely N-dealkylation sites (tertiary alicyclic amines) is 1. The molecule has 2 unspecified atom stereocenters. The Hall–Kier alpha value is -0.930. The van der Waals surface area contributed by atoms with Crippen LogP contribution in [0.5, 0.6) is 0 Å². The Labute approximate surface area is 122 Å². The van der Waals surface area contributed by atoms with Crippen molar-refractivity contribution in [3.8, 4) is 0 Å². The Kier molecular flexibility index (Phi) is 5.55. The number of hydrogen-bond acceptors (Lipinski definition) is 2. The van der Waals surface area contributed by atoms with Crippen LogP contribution in [-0.2, 0) is 0 Å². The van der Waals surface area contributed by atoms with Gasteiger partial charge in [0, 0.05) is 18.1 Å². The summed E-state index contributed by atoms with van der Waals surface area (Å²) >= 11 is 0. The summed E-state index contributed by atoms with van der Waals surface area (Å²) in [5.41, 5.74) is 1.04. The molecule has 0 spiro atoms. The smallest absolute Gasteiger partial charge is 0.123 e. The van der Waals surface area contributed by atoms with Crippen LogP contribution in [-0.4, -0.2) is 30.1 Å². The molecule has 1 heterocycles. The van der Waals surface area contributed by atoms with E-state index in [1.165, 1.54) is 31.9 Å². The van der Waals surface area contributed by atoms with E-state index in [-0.39, 0.29) is 11.9 Å². The van der Waals surface area contributed by atoms with Crippen LogP contribution in [0.15, 0.2) is 24.3 Å². The zero-order valence-corrected chi connectivity index (χ0v) is 12.9. The summed E-state index contributed by atoms with van der Waals surface area (Å²) < 4.78 is 13.3. The first-order chi connectivity index (χ1) is 9.56. The number of hydrogen-bond donors (Lipinski definition) is 1. The molecule has 1 saturated heterocycles. The summed E-state index contributed by atoms with van der Waals surface area (Å²) in [4.78, 5) is 2.55. The Morgan fingerprint density at radius 3 is 2.70 bits per heavy atom. The lowest BCUT2D eigenvalue weighted by Crippen LogP contribution is -2.35. The lowest BCUT2D eigenvalue weighted by Gasteiger charge is -2.25. The van der Waals surface area contributed by atoms with Crippen LogP contribution in [0.25, 0.3) is 0 Å². The molecule has 1 N–H and O–H groups in total. The molecule has 3 heteroatoms. The van der Waals surface area contributed by atoms with Crippen LogP contribution >= 0.6 is 0 Å².